The van der Waals surface area contributed by atoms with Crippen molar-refractivity contribution in [2.75, 3.05) is 6.61 Å². The highest BCUT2D eigenvalue weighted by Gasteiger charge is 2.27. The summed E-state index contributed by atoms with van der Waals surface area (Å²) in [7, 11) is 0. The van der Waals surface area contributed by atoms with Crippen LogP contribution in [0.15, 0.2) is 54.6 Å². The minimum atomic E-state index is -0.808. The summed E-state index contributed by atoms with van der Waals surface area (Å²) < 4.78 is 10.5. The normalized spacial score (nSPS) is 14.4. The van der Waals surface area contributed by atoms with E-state index in [-0.39, 0.29) is 18.6 Å². The summed E-state index contributed by atoms with van der Waals surface area (Å²) in [6.45, 7) is 1.33. The summed E-state index contributed by atoms with van der Waals surface area (Å²) in [5.74, 6) is -0.250. The van der Waals surface area contributed by atoms with E-state index in [1.807, 2.05) is 42.5 Å². The Morgan fingerprint density at radius 1 is 1.04 bits per heavy atom. The predicted octanol–water partition coefficient (Wildman–Crippen LogP) is 2.94. The van der Waals surface area contributed by atoms with Gasteiger partial charge in [-0.1, -0.05) is 42.5 Å². The molecule has 0 aliphatic heterocycles. The van der Waals surface area contributed by atoms with Crippen molar-refractivity contribution < 1.29 is 19.1 Å². The Bertz CT molecular complexity index is 723. The van der Waals surface area contributed by atoms with Gasteiger partial charge in [-0.15, -0.1) is 0 Å². The van der Waals surface area contributed by atoms with Crippen LogP contribution in [0.4, 0.5) is 0 Å². The zero-order valence-electron chi connectivity index (χ0n) is 14.1. The summed E-state index contributed by atoms with van der Waals surface area (Å²) in [6, 6.07) is 17.7. The lowest BCUT2D eigenvalue weighted by Crippen LogP contribution is -2.37. The molecule has 0 spiro atoms. The van der Waals surface area contributed by atoms with Gasteiger partial charge in [-0.25, -0.2) is 4.79 Å². The van der Waals surface area contributed by atoms with Gasteiger partial charge >= 0.3 is 5.97 Å². The van der Waals surface area contributed by atoms with Crippen LogP contribution in [0, 0.1) is 0 Å². The van der Waals surface area contributed by atoms with Gasteiger partial charge in [-0.05, 0) is 43.0 Å². The van der Waals surface area contributed by atoms with Crippen molar-refractivity contribution in [1.29, 1.82) is 0 Å². The number of ether oxygens (including phenoxy) is 2. The fraction of sp³-hybridized carbons (Fsp3) is 0.300. The molecule has 0 aromatic heterocycles. The molecule has 5 heteroatoms. The van der Waals surface area contributed by atoms with Gasteiger partial charge in [0.1, 0.15) is 5.75 Å². The van der Waals surface area contributed by atoms with E-state index in [9.17, 15) is 9.59 Å². The summed E-state index contributed by atoms with van der Waals surface area (Å²) in [4.78, 5) is 23.5. The fourth-order valence-corrected chi connectivity index (χ4v) is 2.35. The largest absolute Gasteiger partial charge is 0.482 e. The Hall–Kier alpha value is -2.82. The molecule has 0 bridgehead atoms. The summed E-state index contributed by atoms with van der Waals surface area (Å²) in [5, 5.41) is 2.80. The molecule has 3 rings (SSSR count). The number of benzene rings is 2. The number of amides is 1. The van der Waals surface area contributed by atoms with Crippen molar-refractivity contribution in [2.45, 2.75) is 31.9 Å². The fourth-order valence-electron chi connectivity index (χ4n) is 2.35. The van der Waals surface area contributed by atoms with E-state index in [0.717, 1.165) is 24.0 Å². The molecule has 25 heavy (non-hydrogen) atoms. The number of hydrogen-bond acceptors (Lipinski definition) is 4. The molecular formula is C20H21NO4. The highest BCUT2D eigenvalue weighted by atomic mass is 16.6. The quantitative estimate of drug-likeness (QED) is 0.788. The topological polar surface area (TPSA) is 64.6 Å². The number of carbonyl (C=O) groups excluding carboxylic acids is 2. The smallest absolute Gasteiger partial charge is 0.344 e. The summed E-state index contributed by atoms with van der Waals surface area (Å²) >= 11 is 0. The monoisotopic (exact) mass is 339 g/mol. The lowest BCUT2D eigenvalue weighted by atomic mass is 10.1. The van der Waals surface area contributed by atoms with Crippen LogP contribution >= 0.6 is 0 Å². The average molecular weight is 339 g/mol. The van der Waals surface area contributed by atoms with E-state index in [2.05, 4.69) is 5.32 Å². The van der Waals surface area contributed by atoms with E-state index in [4.69, 9.17) is 9.47 Å². The highest BCUT2D eigenvalue weighted by Crippen LogP contribution is 2.22. The second kappa shape index (κ2) is 7.83. The minimum absolute atomic E-state index is 0.230. The molecule has 1 atom stereocenters. The van der Waals surface area contributed by atoms with Crippen molar-refractivity contribution in [3.05, 3.63) is 54.6 Å². The number of carbonyl (C=O) groups is 2. The Morgan fingerprint density at radius 3 is 2.32 bits per heavy atom. The van der Waals surface area contributed by atoms with Crippen LogP contribution in [0.2, 0.25) is 0 Å². The first-order chi connectivity index (χ1) is 12.1. The van der Waals surface area contributed by atoms with E-state index >= 15 is 0 Å². The maximum absolute atomic E-state index is 11.8. The van der Waals surface area contributed by atoms with Crippen molar-refractivity contribution in [3.63, 3.8) is 0 Å². The van der Waals surface area contributed by atoms with Crippen molar-refractivity contribution in [3.8, 4) is 16.9 Å². The second-order valence-corrected chi connectivity index (χ2v) is 6.09. The predicted molar refractivity (Wildman–Crippen MR) is 94.1 cm³/mol. The van der Waals surface area contributed by atoms with E-state index in [1.54, 1.807) is 19.1 Å². The SMILES string of the molecule is C[C@@H](OC(=O)COc1ccc(-c2ccccc2)cc1)C(=O)NC1CC1. The first-order valence-electron chi connectivity index (χ1n) is 8.40. The van der Waals surface area contributed by atoms with Gasteiger partial charge in [0, 0.05) is 6.04 Å². The molecule has 1 saturated carbocycles. The van der Waals surface area contributed by atoms with Crippen molar-refractivity contribution >= 4 is 11.9 Å². The van der Waals surface area contributed by atoms with Crippen molar-refractivity contribution in [1.82, 2.24) is 5.32 Å². The molecule has 1 aliphatic carbocycles. The molecule has 2 aromatic rings. The van der Waals surface area contributed by atoms with Gasteiger partial charge in [0.25, 0.3) is 5.91 Å². The third-order valence-corrected chi connectivity index (χ3v) is 3.92. The van der Waals surface area contributed by atoms with Crippen LogP contribution in [0.25, 0.3) is 11.1 Å². The molecular weight excluding hydrogens is 318 g/mol. The zero-order chi connectivity index (χ0) is 17.6. The summed E-state index contributed by atoms with van der Waals surface area (Å²) in [6.07, 6.45) is 1.18. The van der Waals surface area contributed by atoms with Gasteiger partial charge in [-0.3, -0.25) is 4.79 Å². The molecule has 2 aromatic carbocycles. The standard InChI is InChI=1S/C20H21NO4/c1-14(20(23)21-17-9-10-17)25-19(22)13-24-18-11-7-16(8-12-18)15-5-3-2-4-6-15/h2-8,11-12,14,17H,9-10,13H2,1H3,(H,21,23)/t14-/m1/s1. The lowest BCUT2D eigenvalue weighted by Gasteiger charge is -2.13. The molecule has 1 N–H and O–H groups in total. The van der Waals surface area contributed by atoms with Crippen LogP contribution in [-0.4, -0.2) is 30.6 Å². The van der Waals surface area contributed by atoms with E-state index < -0.39 is 12.1 Å². The molecule has 1 aliphatic rings. The maximum atomic E-state index is 11.8. The lowest BCUT2D eigenvalue weighted by molar-refractivity contribution is -0.156. The number of nitrogens with one attached hydrogen (secondary N) is 1. The molecule has 1 fully saturated rings. The third-order valence-electron chi connectivity index (χ3n) is 3.92. The molecule has 0 radical (unpaired) electrons. The molecule has 0 heterocycles. The average Bonchev–Trinajstić information content (AvgIpc) is 3.45. The third kappa shape index (κ3) is 5.08. The number of esters is 1. The molecule has 5 nitrogen and oxygen atoms in total. The first-order valence-corrected chi connectivity index (χ1v) is 8.40. The second-order valence-electron chi connectivity index (χ2n) is 6.09. The van der Waals surface area contributed by atoms with Crippen LogP contribution in [0.1, 0.15) is 19.8 Å². The molecule has 0 saturated heterocycles. The molecule has 0 unspecified atom stereocenters. The Kier molecular flexibility index (Phi) is 5.33. The minimum Gasteiger partial charge on any atom is -0.482 e. The highest BCUT2D eigenvalue weighted by molar-refractivity contribution is 5.84. The maximum Gasteiger partial charge on any atom is 0.344 e. The number of rotatable bonds is 7. The van der Waals surface area contributed by atoms with E-state index in [1.165, 1.54) is 0 Å². The Morgan fingerprint density at radius 2 is 1.68 bits per heavy atom. The van der Waals surface area contributed by atoms with Crippen LogP contribution in [0.5, 0.6) is 5.75 Å². The van der Waals surface area contributed by atoms with Gasteiger partial charge in [-0.2, -0.15) is 0 Å². The van der Waals surface area contributed by atoms with E-state index in [0.29, 0.717) is 5.75 Å². The summed E-state index contributed by atoms with van der Waals surface area (Å²) in [5.41, 5.74) is 2.19. The first kappa shape index (κ1) is 17.0. The van der Waals surface area contributed by atoms with Gasteiger partial charge in [0.05, 0.1) is 0 Å². The Balaban J connectivity index is 1.46. The molecule has 1 amide bonds. The zero-order valence-corrected chi connectivity index (χ0v) is 14.1. The van der Waals surface area contributed by atoms with Crippen LogP contribution in [0.3, 0.4) is 0 Å². The van der Waals surface area contributed by atoms with Gasteiger partial charge < -0.3 is 14.8 Å². The van der Waals surface area contributed by atoms with Gasteiger partial charge in [0.2, 0.25) is 0 Å². The number of hydrogen-bond donors (Lipinski definition) is 1. The Labute approximate surface area is 147 Å². The van der Waals surface area contributed by atoms with Crippen molar-refractivity contribution in [2.24, 2.45) is 0 Å². The van der Waals surface area contributed by atoms with Crippen LogP contribution < -0.4 is 10.1 Å². The molecule has 130 valence electrons. The van der Waals surface area contributed by atoms with Gasteiger partial charge in [0.15, 0.2) is 12.7 Å². The van der Waals surface area contributed by atoms with Crippen LogP contribution in [-0.2, 0) is 14.3 Å².